The first-order valence-corrected chi connectivity index (χ1v) is 7.99. The first-order chi connectivity index (χ1) is 11.7. The van der Waals surface area contributed by atoms with Crippen LogP contribution in [0.1, 0.15) is 5.56 Å². The van der Waals surface area contributed by atoms with Crippen LogP contribution < -0.4 is 4.74 Å². The molecule has 0 aromatic heterocycles. The van der Waals surface area contributed by atoms with Crippen LogP contribution in [0.25, 0.3) is 0 Å². The molecule has 0 saturated heterocycles. The number of aliphatic hydroxyl groups excluding tert-OH is 1. The monoisotopic (exact) mass is 333 g/mol. The van der Waals surface area contributed by atoms with E-state index in [-0.39, 0.29) is 12.4 Å². The fourth-order valence-corrected chi connectivity index (χ4v) is 2.36. The fourth-order valence-electron chi connectivity index (χ4n) is 2.36. The Labute approximate surface area is 142 Å². The van der Waals surface area contributed by atoms with Gasteiger partial charge in [0.05, 0.1) is 6.61 Å². The second-order valence-corrected chi connectivity index (χ2v) is 5.63. The summed E-state index contributed by atoms with van der Waals surface area (Å²) in [5.74, 6) is 0.483. The summed E-state index contributed by atoms with van der Waals surface area (Å²) in [7, 11) is 1.64. The summed E-state index contributed by atoms with van der Waals surface area (Å²) < 4.78 is 23.7. The standard InChI is InChI=1S/C19H24FNO3/c1-23-12-11-21(13-16-7-9-17(20)10-8-16)14-18(22)15-24-19-5-3-2-4-6-19/h2-10,18,22H,11-15H2,1H3. The molecule has 0 bridgehead atoms. The summed E-state index contributed by atoms with van der Waals surface area (Å²) in [6.45, 7) is 2.53. The van der Waals surface area contributed by atoms with Gasteiger partial charge in [0.2, 0.25) is 0 Å². The number of hydrogen-bond donors (Lipinski definition) is 1. The highest BCUT2D eigenvalue weighted by atomic mass is 19.1. The Kier molecular flexibility index (Phi) is 7.68. The van der Waals surface area contributed by atoms with E-state index in [0.29, 0.717) is 26.2 Å². The second-order valence-electron chi connectivity index (χ2n) is 5.63. The van der Waals surface area contributed by atoms with Crippen molar-refractivity contribution in [1.82, 2.24) is 4.90 Å². The van der Waals surface area contributed by atoms with Gasteiger partial charge in [0, 0.05) is 26.7 Å². The van der Waals surface area contributed by atoms with E-state index in [2.05, 4.69) is 4.90 Å². The number of methoxy groups -OCH3 is 1. The van der Waals surface area contributed by atoms with Gasteiger partial charge in [-0.1, -0.05) is 30.3 Å². The lowest BCUT2D eigenvalue weighted by molar-refractivity contribution is 0.0542. The molecular formula is C19H24FNO3. The minimum absolute atomic E-state index is 0.219. The lowest BCUT2D eigenvalue weighted by atomic mass is 10.2. The summed E-state index contributed by atoms with van der Waals surface area (Å²) >= 11 is 0. The highest BCUT2D eigenvalue weighted by Gasteiger charge is 2.13. The van der Waals surface area contributed by atoms with Crippen molar-refractivity contribution >= 4 is 0 Å². The highest BCUT2D eigenvalue weighted by molar-refractivity contribution is 5.21. The Bertz CT molecular complexity index is 577. The van der Waals surface area contributed by atoms with Gasteiger partial charge in [-0.05, 0) is 29.8 Å². The third-order valence-electron chi connectivity index (χ3n) is 3.59. The molecule has 2 aromatic rings. The molecule has 0 radical (unpaired) electrons. The number of rotatable bonds is 10. The third kappa shape index (κ3) is 6.66. The average Bonchev–Trinajstić information content (AvgIpc) is 2.61. The van der Waals surface area contributed by atoms with Crippen LogP contribution in [0, 0.1) is 5.82 Å². The Morgan fingerprint density at radius 2 is 1.79 bits per heavy atom. The Morgan fingerprint density at radius 1 is 1.08 bits per heavy atom. The van der Waals surface area contributed by atoms with Gasteiger partial charge in [0.15, 0.2) is 0 Å². The van der Waals surface area contributed by atoms with Crippen molar-refractivity contribution in [3.8, 4) is 5.75 Å². The molecule has 5 heteroatoms. The number of nitrogens with zero attached hydrogens (tertiary/aromatic N) is 1. The van der Waals surface area contributed by atoms with Gasteiger partial charge in [-0.15, -0.1) is 0 Å². The number of aliphatic hydroxyl groups is 1. The van der Waals surface area contributed by atoms with Crippen molar-refractivity contribution in [1.29, 1.82) is 0 Å². The van der Waals surface area contributed by atoms with Gasteiger partial charge in [0.25, 0.3) is 0 Å². The van der Waals surface area contributed by atoms with Gasteiger partial charge in [-0.3, -0.25) is 4.90 Å². The van der Waals surface area contributed by atoms with Crippen molar-refractivity contribution in [3.63, 3.8) is 0 Å². The van der Waals surface area contributed by atoms with E-state index in [0.717, 1.165) is 11.3 Å². The van der Waals surface area contributed by atoms with Crippen LogP contribution in [-0.2, 0) is 11.3 Å². The molecule has 0 aliphatic heterocycles. The molecule has 0 aliphatic rings. The van der Waals surface area contributed by atoms with Crippen LogP contribution in [0.3, 0.4) is 0 Å². The Morgan fingerprint density at radius 3 is 2.46 bits per heavy atom. The van der Waals surface area contributed by atoms with Crippen LogP contribution in [0.15, 0.2) is 54.6 Å². The minimum atomic E-state index is -0.623. The van der Waals surface area contributed by atoms with Crippen LogP contribution in [0.2, 0.25) is 0 Å². The van der Waals surface area contributed by atoms with Crippen molar-refractivity contribution in [2.45, 2.75) is 12.6 Å². The molecule has 0 aliphatic carbocycles. The lowest BCUT2D eigenvalue weighted by Crippen LogP contribution is -2.37. The van der Waals surface area contributed by atoms with Gasteiger partial charge in [0.1, 0.15) is 24.3 Å². The van der Waals surface area contributed by atoms with Crippen molar-refractivity contribution < 1.29 is 19.0 Å². The van der Waals surface area contributed by atoms with E-state index in [9.17, 15) is 9.50 Å². The second kappa shape index (κ2) is 10.0. The molecule has 1 N–H and O–H groups in total. The molecule has 1 atom stereocenters. The zero-order chi connectivity index (χ0) is 17.2. The molecule has 24 heavy (non-hydrogen) atoms. The van der Waals surface area contributed by atoms with Crippen molar-refractivity contribution in [2.75, 3.05) is 33.4 Å². The maximum atomic E-state index is 13.0. The first kappa shape index (κ1) is 18.4. The lowest BCUT2D eigenvalue weighted by Gasteiger charge is -2.25. The van der Waals surface area contributed by atoms with Gasteiger partial charge < -0.3 is 14.6 Å². The van der Waals surface area contributed by atoms with Crippen molar-refractivity contribution in [2.24, 2.45) is 0 Å². The Balaban J connectivity index is 1.85. The fraction of sp³-hybridized carbons (Fsp3) is 0.368. The minimum Gasteiger partial charge on any atom is -0.491 e. The van der Waals surface area contributed by atoms with E-state index in [4.69, 9.17) is 9.47 Å². The highest BCUT2D eigenvalue weighted by Crippen LogP contribution is 2.10. The summed E-state index contributed by atoms with van der Waals surface area (Å²) in [4.78, 5) is 2.07. The molecule has 0 heterocycles. The number of para-hydroxylation sites is 1. The molecule has 0 spiro atoms. The van der Waals surface area contributed by atoms with Crippen LogP contribution in [0.5, 0.6) is 5.75 Å². The molecule has 4 nitrogen and oxygen atoms in total. The molecule has 2 aromatic carbocycles. The van der Waals surface area contributed by atoms with E-state index in [1.807, 2.05) is 30.3 Å². The molecule has 0 fully saturated rings. The molecule has 0 saturated carbocycles. The predicted octanol–water partition coefficient (Wildman–Crippen LogP) is 2.71. The number of ether oxygens (including phenoxy) is 2. The topological polar surface area (TPSA) is 41.9 Å². The molecule has 2 rings (SSSR count). The number of benzene rings is 2. The first-order valence-electron chi connectivity index (χ1n) is 7.99. The Hall–Kier alpha value is -1.95. The van der Waals surface area contributed by atoms with Gasteiger partial charge in [-0.25, -0.2) is 4.39 Å². The summed E-state index contributed by atoms with van der Waals surface area (Å²) in [6, 6.07) is 15.8. The summed E-state index contributed by atoms with van der Waals surface area (Å²) in [6.07, 6.45) is -0.623. The molecule has 130 valence electrons. The van der Waals surface area contributed by atoms with Crippen LogP contribution >= 0.6 is 0 Å². The van der Waals surface area contributed by atoms with Crippen LogP contribution in [-0.4, -0.2) is 49.5 Å². The SMILES string of the molecule is COCCN(Cc1ccc(F)cc1)CC(O)COc1ccccc1. The third-order valence-corrected chi connectivity index (χ3v) is 3.59. The van der Waals surface area contributed by atoms with E-state index < -0.39 is 6.10 Å². The number of halogens is 1. The number of hydrogen-bond acceptors (Lipinski definition) is 4. The smallest absolute Gasteiger partial charge is 0.123 e. The zero-order valence-corrected chi connectivity index (χ0v) is 13.9. The van der Waals surface area contributed by atoms with Crippen LogP contribution in [0.4, 0.5) is 4.39 Å². The largest absolute Gasteiger partial charge is 0.491 e. The van der Waals surface area contributed by atoms with E-state index >= 15 is 0 Å². The molecule has 0 amide bonds. The normalized spacial score (nSPS) is 12.3. The summed E-state index contributed by atoms with van der Waals surface area (Å²) in [5.41, 5.74) is 0.990. The van der Waals surface area contributed by atoms with E-state index in [1.54, 1.807) is 19.2 Å². The van der Waals surface area contributed by atoms with Crippen molar-refractivity contribution in [3.05, 3.63) is 66.0 Å². The van der Waals surface area contributed by atoms with Gasteiger partial charge >= 0.3 is 0 Å². The molecular weight excluding hydrogens is 309 g/mol. The predicted molar refractivity (Wildman–Crippen MR) is 91.5 cm³/mol. The van der Waals surface area contributed by atoms with E-state index in [1.165, 1.54) is 12.1 Å². The van der Waals surface area contributed by atoms with Gasteiger partial charge in [-0.2, -0.15) is 0 Å². The average molecular weight is 333 g/mol. The summed E-state index contributed by atoms with van der Waals surface area (Å²) in [5, 5.41) is 10.2. The maximum Gasteiger partial charge on any atom is 0.123 e. The molecule has 1 unspecified atom stereocenters. The maximum absolute atomic E-state index is 13.0. The quantitative estimate of drug-likeness (QED) is 0.726. The zero-order valence-electron chi connectivity index (χ0n) is 13.9.